The van der Waals surface area contributed by atoms with Gasteiger partial charge in [-0.25, -0.2) is 0 Å². The molecule has 6 heteroatoms. The zero-order valence-corrected chi connectivity index (χ0v) is 12.6. The van der Waals surface area contributed by atoms with Gasteiger partial charge in [-0.15, -0.1) is 11.6 Å². The van der Waals surface area contributed by atoms with Gasteiger partial charge in [0.15, 0.2) is 0 Å². The molecule has 1 saturated heterocycles. The Kier molecular flexibility index (Phi) is 4.58. The van der Waals surface area contributed by atoms with Gasteiger partial charge in [0.05, 0.1) is 4.92 Å². The lowest BCUT2D eigenvalue weighted by atomic mass is 10.1. The highest BCUT2D eigenvalue weighted by molar-refractivity contribution is 8.00. The lowest BCUT2D eigenvalue weighted by Gasteiger charge is -2.38. The van der Waals surface area contributed by atoms with Gasteiger partial charge in [0.2, 0.25) is 0 Å². The molecule has 1 aliphatic rings. The molecule has 1 heterocycles. The number of rotatable bonds is 3. The fourth-order valence-corrected chi connectivity index (χ4v) is 3.58. The van der Waals surface area contributed by atoms with Gasteiger partial charge in [0.1, 0.15) is 5.69 Å². The first-order valence-corrected chi connectivity index (χ1v) is 7.84. The van der Waals surface area contributed by atoms with Crippen molar-refractivity contribution in [3.05, 3.63) is 33.9 Å². The van der Waals surface area contributed by atoms with E-state index in [1.165, 1.54) is 0 Å². The first kappa shape index (κ1) is 14.5. The molecule has 104 valence electrons. The molecule has 0 radical (unpaired) electrons. The van der Waals surface area contributed by atoms with Crippen LogP contribution in [0.2, 0.25) is 0 Å². The van der Waals surface area contributed by atoms with E-state index in [0.29, 0.717) is 22.9 Å². The summed E-state index contributed by atoms with van der Waals surface area (Å²) in [5, 5.41) is 11.7. The molecule has 0 amide bonds. The van der Waals surface area contributed by atoms with Crippen LogP contribution in [0.25, 0.3) is 0 Å². The average molecular weight is 301 g/mol. The van der Waals surface area contributed by atoms with Crippen LogP contribution in [-0.2, 0) is 5.88 Å². The van der Waals surface area contributed by atoms with E-state index in [1.54, 1.807) is 6.07 Å². The Hall–Kier alpha value is -0.940. The molecule has 1 aliphatic heterocycles. The number of nitro groups is 1. The summed E-state index contributed by atoms with van der Waals surface area (Å²) in [6.45, 7) is 5.13. The van der Waals surface area contributed by atoms with E-state index in [-0.39, 0.29) is 10.6 Å². The highest BCUT2D eigenvalue weighted by Crippen LogP contribution is 2.35. The first-order chi connectivity index (χ1) is 9.04. The van der Waals surface area contributed by atoms with Crippen molar-refractivity contribution in [2.45, 2.75) is 31.0 Å². The van der Waals surface area contributed by atoms with E-state index in [2.05, 4.69) is 18.7 Å². The quantitative estimate of drug-likeness (QED) is 0.485. The van der Waals surface area contributed by atoms with Crippen molar-refractivity contribution in [3.63, 3.8) is 0 Å². The number of hydrogen-bond donors (Lipinski definition) is 0. The van der Waals surface area contributed by atoms with Crippen LogP contribution in [0, 0.1) is 10.1 Å². The second-order valence-electron chi connectivity index (χ2n) is 4.72. The number of anilines is 1. The molecule has 0 spiro atoms. The van der Waals surface area contributed by atoms with Crippen LogP contribution in [-0.4, -0.2) is 28.5 Å². The van der Waals surface area contributed by atoms with Gasteiger partial charge in [0, 0.05) is 35.5 Å². The zero-order chi connectivity index (χ0) is 14.0. The molecule has 2 atom stereocenters. The predicted molar refractivity (Wildman–Crippen MR) is 81.4 cm³/mol. The van der Waals surface area contributed by atoms with Gasteiger partial charge < -0.3 is 4.90 Å². The van der Waals surface area contributed by atoms with Crippen LogP contribution in [0.3, 0.4) is 0 Å². The molecule has 2 rings (SSSR count). The van der Waals surface area contributed by atoms with Gasteiger partial charge in [0.25, 0.3) is 5.69 Å². The third kappa shape index (κ3) is 2.98. The van der Waals surface area contributed by atoms with E-state index in [9.17, 15) is 10.1 Å². The summed E-state index contributed by atoms with van der Waals surface area (Å²) in [4.78, 5) is 13.1. The number of nitro benzene ring substituents is 1. The molecule has 1 aromatic rings. The largest absolute Gasteiger partial charge is 0.361 e. The normalized spacial score (nSPS) is 23.4. The van der Waals surface area contributed by atoms with Gasteiger partial charge >= 0.3 is 0 Å². The van der Waals surface area contributed by atoms with Crippen molar-refractivity contribution in [2.24, 2.45) is 0 Å². The Morgan fingerprint density at radius 2 is 2.26 bits per heavy atom. The first-order valence-electron chi connectivity index (χ1n) is 6.26. The summed E-state index contributed by atoms with van der Waals surface area (Å²) < 4.78 is 0. The van der Waals surface area contributed by atoms with E-state index in [4.69, 9.17) is 11.6 Å². The molecular formula is C13H17ClN2O2S. The Morgan fingerprint density at radius 1 is 1.53 bits per heavy atom. The monoisotopic (exact) mass is 300 g/mol. The number of alkyl halides is 1. The van der Waals surface area contributed by atoms with Gasteiger partial charge in [-0.2, -0.15) is 11.8 Å². The van der Waals surface area contributed by atoms with Crippen LogP contribution in [0.1, 0.15) is 19.4 Å². The third-order valence-electron chi connectivity index (χ3n) is 3.58. The summed E-state index contributed by atoms with van der Waals surface area (Å²) in [7, 11) is 0. The van der Waals surface area contributed by atoms with Crippen LogP contribution in [0.15, 0.2) is 18.2 Å². The highest BCUT2D eigenvalue weighted by Gasteiger charge is 2.29. The summed E-state index contributed by atoms with van der Waals surface area (Å²) >= 11 is 7.67. The lowest BCUT2D eigenvalue weighted by molar-refractivity contribution is -0.384. The topological polar surface area (TPSA) is 46.4 Å². The van der Waals surface area contributed by atoms with Crippen molar-refractivity contribution >= 4 is 34.7 Å². The van der Waals surface area contributed by atoms with Crippen molar-refractivity contribution in [2.75, 3.05) is 17.2 Å². The Morgan fingerprint density at radius 3 is 2.89 bits per heavy atom. The van der Waals surface area contributed by atoms with E-state index < -0.39 is 0 Å². The van der Waals surface area contributed by atoms with Gasteiger partial charge in [-0.3, -0.25) is 10.1 Å². The molecule has 2 unspecified atom stereocenters. The SMILES string of the molecule is CC1SCCN(c2ccc(CCl)cc2[N+](=O)[O-])C1C. The summed E-state index contributed by atoms with van der Waals surface area (Å²) in [5.41, 5.74) is 1.65. The molecule has 4 nitrogen and oxygen atoms in total. The maximum absolute atomic E-state index is 11.3. The van der Waals surface area contributed by atoms with Crippen molar-refractivity contribution in [1.82, 2.24) is 0 Å². The number of halogens is 1. The smallest absolute Gasteiger partial charge is 0.292 e. The minimum Gasteiger partial charge on any atom is -0.361 e. The summed E-state index contributed by atoms with van der Waals surface area (Å²) in [6.07, 6.45) is 0. The number of nitrogens with zero attached hydrogens (tertiary/aromatic N) is 2. The second kappa shape index (κ2) is 6.01. The van der Waals surface area contributed by atoms with Crippen molar-refractivity contribution in [1.29, 1.82) is 0 Å². The van der Waals surface area contributed by atoms with Gasteiger partial charge in [-0.1, -0.05) is 13.0 Å². The van der Waals surface area contributed by atoms with Crippen LogP contribution < -0.4 is 4.90 Å². The fraction of sp³-hybridized carbons (Fsp3) is 0.538. The Labute approximate surface area is 122 Å². The molecule has 0 bridgehead atoms. The van der Waals surface area contributed by atoms with Crippen LogP contribution in [0.4, 0.5) is 11.4 Å². The van der Waals surface area contributed by atoms with Crippen molar-refractivity contribution < 1.29 is 4.92 Å². The van der Waals surface area contributed by atoms with Crippen molar-refractivity contribution in [3.8, 4) is 0 Å². The molecule has 0 saturated carbocycles. The molecule has 0 aromatic heterocycles. The number of benzene rings is 1. The Balaban J connectivity index is 2.40. The van der Waals surface area contributed by atoms with E-state index in [0.717, 1.165) is 17.9 Å². The molecule has 0 N–H and O–H groups in total. The zero-order valence-electron chi connectivity index (χ0n) is 11.0. The Bertz CT molecular complexity index is 484. The van der Waals surface area contributed by atoms with Crippen LogP contribution >= 0.6 is 23.4 Å². The fourth-order valence-electron chi connectivity index (χ4n) is 2.31. The predicted octanol–water partition coefficient (Wildman–Crippen LogP) is 3.66. The van der Waals surface area contributed by atoms with Crippen LogP contribution in [0.5, 0.6) is 0 Å². The lowest BCUT2D eigenvalue weighted by Crippen LogP contribution is -2.45. The molecular weight excluding hydrogens is 284 g/mol. The molecule has 1 fully saturated rings. The number of thioether (sulfide) groups is 1. The molecule has 19 heavy (non-hydrogen) atoms. The minimum absolute atomic E-state index is 0.157. The van der Waals surface area contributed by atoms with E-state index in [1.807, 2.05) is 23.9 Å². The number of hydrogen-bond acceptors (Lipinski definition) is 4. The standard InChI is InChI=1S/C13H17ClN2O2S/c1-9-10(2)19-6-5-15(9)12-4-3-11(8-14)7-13(12)16(17)18/h3-4,7,9-10H,5-6,8H2,1-2H3. The van der Waals surface area contributed by atoms with E-state index >= 15 is 0 Å². The maximum atomic E-state index is 11.3. The molecule has 1 aromatic carbocycles. The summed E-state index contributed by atoms with van der Waals surface area (Å²) in [6, 6.07) is 5.57. The molecule has 0 aliphatic carbocycles. The van der Waals surface area contributed by atoms with Gasteiger partial charge in [-0.05, 0) is 18.6 Å². The second-order valence-corrected chi connectivity index (χ2v) is 6.48. The maximum Gasteiger partial charge on any atom is 0.292 e. The minimum atomic E-state index is -0.315. The highest BCUT2D eigenvalue weighted by atomic mass is 35.5. The summed E-state index contributed by atoms with van der Waals surface area (Å²) in [5.74, 6) is 1.29. The third-order valence-corrected chi connectivity index (χ3v) is 5.23. The average Bonchev–Trinajstić information content (AvgIpc) is 2.41.